The number of ether oxygens (including phenoxy) is 1. The van der Waals surface area contributed by atoms with Crippen LogP contribution in [0.1, 0.15) is 18.9 Å². The van der Waals surface area contributed by atoms with E-state index < -0.39 is 16.1 Å². The summed E-state index contributed by atoms with van der Waals surface area (Å²) in [6, 6.07) is 20.1. The lowest BCUT2D eigenvalue weighted by Crippen LogP contribution is -2.50. The van der Waals surface area contributed by atoms with Gasteiger partial charge in [-0.15, -0.1) is 0 Å². The molecule has 164 valence electrons. The van der Waals surface area contributed by atoms with E-state index in [1.54, 1.807) is 19.1 Å². The molecule has 0 aromatic heterocycles. The van der Waals surface area contributed by atoms with Crippen molar-refractivity contribution in [1.82, 2.24) is 5.32 Å². The molecule has 0 aliphatic heterocycles. The fourth-order valence-corrected chi connectivity index (χ4v) is 4.68. The summed E-state index contributed by atoms with van der Waals surface area (Å²) in [4.78, 5) is 12.8. The van der Waals surface area contributed by atoms with Gasteiger partial charge in [0.1, 0.15) is 18.4 Å². The molecule has 3 aromatic rings. The number of fused-ring (bicyclic) bond motifs is 1. The number of carbonyl (C=O) groups excluding carboxylic acids is 1. The zero-order valence-electron chi connectivity index (χ0n) is 18.0. The number of amides is 1. The SMILES string of the molecule is CC[C@@H](C(=O)NCCOc1ccc2ccccc2c1)N(c1ccc(C)cc1)S(C)(=O)=O. The van der Waals surface area contributed by atoms with Crippen LogP contribution in [0.4, 0.5) is 5.69 Å². The second-order valence-corrected chi connectivity index (χ2v) is 9.33. The van der Waals surface area contributed by atoms with Crippen LogP contribution in [0.5, 0.6) is 5.75 Å². The summed E-state index contributed by atoms with van der Waals surface area (Å²) in [5.74, 6) is 0.369. The number of nitrogens with one attached hydrogen (secondary N) is 1. The third-order valence-corrected chi connectivity index (χ3v) is 6.19. The van der Waals surface area contributed by atoms with E-state index in [-0.39, 0.29) is 19.1 Å². The Morgan fingerprint density at radius 3 is 2.35 bits per heavy atom. The molecular formula is C24H28N2O4S. The fourth-order valence-electron chi connectivity index (χ4n) is 3.47. The predicted octanol–water partition coefficient (Wildman–Crippen LogP) is 3.89. The van der Waals surface area contributed by atoms with Gasteiger partial charge in [-0.1, -0.05) is 55.0 Å². The summed E-state index contributed by atoms with van der Waals surface area (Å²) in [5.41, 5.74) is 1.49. The highest BCUT2D eigenvalue weighted by Gasteiger charge is 2.31. The number of rotatable bonds is 9. The Balaban J connectivity index is 1.63. The zero-order chi connectivity index (χ0) is 22.4. The average Bonchev–Trinajstić information content (AvgIpc) is 2.74. The molecule has 1 N–H and O–H groups in total. The Kier molecular flexibility index (Phi) is 7.17. The highest BCUT2D eigenvalue weighted by atomic mass is 32.2. The predicted molar refractivity (Wildman–Crippen MR) is 125 cm³/mol. The molecule has 0 heterocycles. The summed E-state index contributed by atoms with van der Waals surface area (Å²) in [7, 11) is -3.64. The van der Waals surface area contributed by atoms with Gasteiger partial charge in [-0.05, 0) is 48.4 Å². The van der Waals surface area contributed by atoms with E-state index in [1.807, 2.05) is 61.5 Å². The maximum absolute atomic E-state index is 12.8. The second-order valence-electron chi connectivity index (χ2n) is 7.47. The highest BCUT2D eigenvalue weighted by molar-refractivity contribution is 7.92. The normalized spacial score (nSPS) is 12.4. The summed E-state index contributed by atoms with van der Waals surface area (Å²) in [6.07, 6.45) is 1.46. The van der Waals surface area contributed by atoms with Gasteiger partial charge in [0, 0.05) is 0 Å². The number of hydrogen-bond acceptors (Lipinski definition) is 4. The fraction of sp³-hybridized carbons (Fsp3) is 0.292. The van der Waals surface area contributed by atoms with Gasteiger partial charge in [-0.2, -0.15) is 0 Å². The van der Waals surface area contributed by atoms with Gasteiger partial charge >= 0.3 is 0 Å². The number of benzene rings is 3. The first-order chi connectivity index (χ1) is 14.8. The van der Waals surface area contributed by atoms with Crippen LogP contribution >= 0.6 is 0 Å². The molecule has 0 spiro atoms. The summed E-state index contributed by atoms with van der Waals surface area (Å²) >= 11 is 0. The molecule has 0 bridgehead atoms. The third-order valence-electron chi connectivity index (χ3n) is 5.01. The summed E-state index contributed by atoms with van der Waals surface area (Å²) in [5, 5.41) is 5.02. The van der Waals surface area contributed by atoms with Gasteiger partial charge in [0.2, 0.25) is 15.9 Å². The van der Waals surface area contributed by atoms with Gasteiger partial charge in [0.25, 0.3) is 0 Å². The summed E-state index contributed by atoms with van der Waals surface area (Å²) in [6.45, 7) is 4.27. The van der Waals surface area contributed by atoms with Gasteiger partial charge in [-0.25, -0.2) is 8.42 Å². The maximum atomic E-state index is 12.8. The standard InChI is InChI=1S/C24H28N2O4S/c1-4-23(26(31(3,28)29)21-12-9-18(2)10-13-21)24(27)25-15-16-30-22-14-11-19-7-5-6-8-20(19)17-22/h5-14,17,23H,4,15-16H2,1-3H3,(H,25,27)/t23-/m0/s1. The van der Waals surface area contributed by atoms with Crippen molar-refractivity contribution in [1.29, 1.82) is 0 Å². The second kappa shape index (κ2) is 9.83. The lowest BCUT2D eigenvalue weighted by Gasteiger charge is -2.30. The Morgan fingerprint density at radius 1 is 1.03 bits per heavy atom. The molecule has 0 saturated heterocycles. The maximum Gasteiger partial charge on any atom is 0.244 e. The molecule has 6 nitrogen and oxygen atoms in total. The van der Waals surface area contributed by atoms with Gasteiger partial charge in [0.05, 0.1) is 18.5 Å². The quantitative estimate of drug-likeness (QED) is 0.512. The first-order valence-corrected chi connectivity index (χ1v) is 12.1. The number of aryl methyl sites for hydroxylation is 1. The Bertz CT molecular complexity index is 1140. The molecule has 0 radical (unpaired) electrons. The molecule has 0 fully saturated rings. The van der Waals surface area contributed by atoms with Crippen molar-refractivity contribution < 1.29 is 17.9 Å². The first-order valence-electron chi connectivity index (χ1n) is 10.2. The smallest absolute Gasteiger partial charge is 0.244 e. The number of hydrogen-bond donors (Lipinski definition) is 1. The minimum Gasteiger partial charge on any atom is -0.492 e. The van der Waals surface area contributed by atoms with Gasteiger partial charge in [0.15, 0.2) is 0 Å². The molecule has 7 heteroatoms. The van der Waals surface area contributed by atoms with Crippen LogP contribution in [0, 0.1) is 6.92 Å². The van der Waals surface area contributed by atoms with Crippen LogP contribution in [0.3, 0.4) is 0 Å². The summed E-state index contributed by atoms with van der Waals surface area (Å²) < 4.78 is 31.9. The van der Waals surface area contributed by atoms with E-state index in [2.05, 4.69) is 5.32 Å². The number of anilines is 1. The molecule has 1 amide bonds. The molecule has 0 aliphatic carbocycles. The number of carbonyl (C=O) groups is 1. The van der Waals surface area contributed by atoms with Crippen LogP contribution in [0.15, 0.2) is 66.7 Å². The molecule has 31 heavy (non-hydrogen) atoms. The average molecular weight is 441 g/mol. The molecular weight excluding hydrogens is 412 g/mol. The highest BCUT2D eigenvalue weighted by Crippen LogP contribution is 2.23. The van der Waals surface area contributed by atoms with Crippen LogP contribution in [0.2, 0.25) is 0 Å². The molecule has 3 aromatic carbocycles. The largest absolute Gasteiger partial charge is 0.492 e. The molecule has 3 rings (SSSR count). The van der Waals surface area contributed by atoms with E-state index in [0.717, 1.165) is 28.3 Å². The Morgan fingerprint density at radius 2 is 1.71 bits per heavy atom. The van der Waals surface area contributed by atoms with Crippen LogP contribution in [0.25, 0.3) is 10.8 Å². The minimum absolute atomic E-state index is 0.271. The van der Waals surface area contributed by atoms with Crippen molar-refractivity contribution in [2.24, 2.45) is 0 Å². The first kappa shape index (κ1) is 22.6. The number of nitrogens with zero attached hydrogens (tertiary/aromatic N) is 1. The lowest BCUT2D eigenvalue weighted by molar-refractivity contribution is -0.122. The van der Waals surface area contributed by atoms with E-state index in [4.69, 9.17) is 4.74 Å². The van der Waals surface area contributed by atoms with Crippen molar-refractivity contribution in [3.05, 3.63) is 72.3 Å². The van der Waals surface area contributed by atoms with Crippen molar-refractivity contribution in [2.75, 3.05) is 23.7 Å². The van der Waals surface area contributed by atoms with E-state index in [9.17, 15) is 13.2 Å². The third kappa shape index (κ3) is 5.76. The topological polar surface area (TPSA) is 75.7 Å². The van der Waals surface area contributed by atoms with Gasteiger partial charge in [-0.3, -0.25) is 9.10 Å². The van der Waals surface area contributed by atoms with E-state index in [1.165, 1.54) is 4.31 Å². The molecule has 0 unspecified atom stereocenters. The van der Waals surface area contributed by atoms with Gasteiger partial charge < -0.3 is 10.1 Å². The molecule has 0 aliphatic rings. The monoisotopic (exact) mass is 440 g/mol. The lowest BCUT2D eigenvalue weighted by atomic mass is 10.1. The minimum atomic E-state index is -3.64. The van der Waals surface area contributed by atoms with Crippen molar-refractivity contribution in [2.45, 2.75) is 26.3 Å². The zero-order valence-corrected chi connectivity index (χ0v) is 18.9. The Labute approximate surface area is 183 Å². The van der Waals surface area contributed by atoms with Crippen LogP contribution in [-0.2, 0) is 14.8 Å². The number of sulfonamides is 1. The Hall–Kier alpha value is -3.06. The van der Waals surface area contributed by atoms with Crippen LogP contribution < -0.4 is 14.4 Å². The van der Waals surface area contributed by atoms with E-state index >= 15 is 0 Å². The van der Waals surface area contributed by atoms with Crippen molar-refractivity contribution in [3.63, 3.8) is 0 Å². The molecule has 1 atom stereocenters. The van der Waals surface area contributed by atoms with Crippen molar-refractivity contribution >= 4 is 32.4 Å². The van der Waals surface area contributed by atoms with Crippen LogP contribution in [-0.4, -0.2) is 39.8 Å². The molecule has 0 saturated carbocycles. The van der Waals surface area contributed by atoms with Crippen molar-refractivity contribution in [3.8, 4) is 5.75 Å². The van der Waals surface area contributed by atoms with E-state index in [0.29, 0.717) is 12.1 Å².